The molecule has 0 spiro atoms. The summed E-state index contributed by atoms with van der Waals surface area (Å²) in [7, 11) is 0. The van der Waals surface area contributed by atoms with E-state index in [1.807, 2.05) is 31.2 Å². The van der Waals surface area contributed by atoms with E-state index in [1.165, 1.54) is 12.3 Å². The number of benzene rings is 2. The molecule has 0 saturated heterocycles. The zero-order valence-electron chi connectivity index (χ0n) is 14.3. The summed E-state index contributed by atoms with van der Waals surface area (Å²) in [6.07, 6.45) is 1.22. The minimum Gasteiger partial charge on any atom is -0.504 e. The fourth-order valence-corrected chi connectivity index (χ4v) is 2.45. The summed E-state index contributed by atoms with van der Waals surface area (Å²) in [4.78, 5) is 11.8. The average Bonchev–Trinajstić information content (AvgIpc) is 2.62. The van der Waals surface area contributed by atoms with Crippen LogP contribution in [0.25, 0.3) is 0 Å². The van der Waals surface area contributed by atoms with Gasteiger partial charge in [0.05, 0.1) is 35.0 Å². The van der Waals surface area contributed by atoms with E-state index in [4.69, 9.17) is 27.9 Å². The van der Waals surface area contributed by atoms with Gasteiger partial charge < -0.3 is 15.2 Å². The maximum atomic E-state index is 11.8. The molecule has 6 nitrogen and oxygen atoms in total. The van der Waals surface area contributed by atoms with E-state index in [-0.39, 0.29) is 39.6 Å². The summed E-state index contributed by atoms with van der Waals surface area (Å²) >= 11 is 12.1. The highest BCUT2D eigenvalue weighted by molar-refractivity contribution is 6.43. The highest BCUT2D eigenvalue weighted by atomic mass is 35.5. The predicted molar refractivity (Wildman–Crippen MR) is 105 cm³/mol. The van der Waals surface area contributed by atoms with Crippen LogP contribution in [0.5, 0.6) is 11.5 Å². The van der Waals surface area contributed by atoms with Crippen molar-refractivity contribution in [1.82, 2.24) is 5.43 Å². The van der Waals surface area contributed by atoms with Crippen LogP contribution < -0.4 is 15.5 Å². The number of phenolic OH excluding ortho intramolecular Hbond substituents is 1. The van der Waals surface area contributed by atoms with Crippen molar-refractivity contribution in [3.05, 3.63) is 51.5 Å². The Hall–Kier alpha value is -2.44. The van der Waals surface area contributed by atoms with Crippen molar-refractivity contribution in [3.63, 3.8) is 0 Å². The number of aromatic hydroxyl groups is 1. The number of hydrogen-bond acceptors (Lipinski definition) is 5. The summed E-state index contributed by atoms with van der Waals surface area (Å²) in [5.74, 6) is -0.364. The molecule has 0 unspecified atom stereocenters. The van der Waals surface area contributed by atoms with Gasteiger partial charge in [0.25, 0.3) is 5.91 Å². The molecule has 0 atom stereocenters. The molecule has 2 aromatic carbocycles. The molecule has 2 rings (SSSR count). The number of aryl methyl sites for hydroxylation is 1. The zero-order chi connectivity index (χ0) is 19.1. The second-order valence-corrected chi connectivity index (χ2v) is 6.16. The second kappa shape index (κ2) is 9.31. The Morgan fingerprint density at radius 2 is 2.00 bits per heavy atom. The minimum atomic E-state index is -0.357. The highest BCUT2D eigenvalue weighted by Crippen LogP contribution is 2.39. The van der Waals surface area contributed by atoms with Gasteiger partial charge in [-0.05, 0) is 26.0 Å². The lowest BCUT2D eigenvalue weighted by atomic mass is 10.2. The maximum absolute atomic E-state index is 11.8. The molecule has 0 radical (unpaired) electrons. The Kier molecular flexibility index (Phi) is 7.12. The van der Waals surface area contributed by atoms with Crippen LogP contribution in [0.3, 0.4) is 0 Å². The fraction of sp³-hybridized carbons (Fsp3) is 0.222. The van der Waals surface area contributed by atoms with E-state index in [1.54, 1.807) is 6.92 Å². The summed E-state index contributed by atoms with van der Waals surface area (Å²) in [5.41, 5.74) is 4.47. The van der Waals surface area contributed by atoms with E-state index in [9.17, 15) is 9.90 Å². The quantitative estimate of drug-likeness (QED) is 0.489. The first-order valence-electron chi connectivity index (χ1n) is 7.88. The standard InChI is InChI=1S/C18H19Cl2N3O3/c1-3-26-15-8-14(19)17(20)13(18(15)25)9-22-23-16(24)10-21-12-6-4-11(2)5-7-12/h4-9,21,25H,3,10H2,1-2H3,(H,23,24)/b22-9+. The average molecular weight is 396 g/mol. The highest BCUT2D eigenvalue weighted by Gasteiger charge is 2.15. The predicted octanol–water partition coefficient (Wildman–Crippen LogP) is 3.97. The van der Waals surface area contributed by atoms with Gasteiger partial charge in [-0.3, -0.25) is 4.79 Å². The first kappa shape index (κ1) is 19.9. The minimum absolute atomic E-state index is 0.0415. The third kappa shape index (κ3) is 5.28. The molecule has 0 saturated carbocycles. The first-order valence-corrected chi connectivity index (χ1v) is 8.64. The lowest BCUT2D eigenvalue weighted by Gasteiger charge is -2.11. The van der Waals surface area contributed by atoms with Crippen LogP contribution >= 0.6 is 23.2 Å². The van der Waals surface area contributed by atoms with Gasteiger partial charge in [-0.25, -0.2) is 5.43 Å². The number of hydrazone groups is 1. The third-order valence-electron chi connectivity index (χ3n) is 3.38. The van der Waals surface area contributed by atoms with Gasteiger partial charge in [-0.1, -0.05) is 40.9 Å². The number of carbonyl (C=O) groups is 1. The monoisotopic (exact) mass is 395 g/mol. The summed E-state index contributed by atoms with van der Waals surface area (Å²) in [6.45, 7) is 4.15. The number of anilines is 1. The number of carbonyl (C=O) groups excluding carboxylic acids is 1. The molecule has 138 valence electrons. The van der Waals surface area contributed by atoms with Crippen LogP contribution in [0.4, 0.5) is 5.69 Å². The molecule has 0 fully saturated rings. The number of hydrogen-bond donors (Lipinski definition) is 3. The van der Waals surface area contributed by atoms with Crippen LogP contribution in [0, 0.1) is 6.92 Å². The molecule has 1 amide bonds. The normalized spacial score (nSPS) is 10.8. The van der Waals surface area contributed by atoms with Crippen molar-refractivity contribution in [2.24, 2.45) is 5.10 Å². The Morgan fingerprint density at radius 3 is 2.65 bits per heavy atom. The van der Waals surface area contributed by atoms with Crippen molar-refractivity contribution in [2.45, 2.75) is 13.8 Å². The van der Waals surface area contributed by atoms with Crippen LogP contribution in [-0.4, -0.2) is 30.4 Å². The van der Waals surface area contributed by atoms with E-state index in [2.05, 4.69) is 15.8 Å². The Labute approximate surface area is 161 Å². The van der Waals surface area contributed by atoms with Crippen molar-refractivity contribution >= 4 is 41.0 Å². The largest absolute Gasteiger partial charge is 0.504 e. The van der Waals surface area contributed by atoms with Gasteiger partial charge in [-0.2, -0.15) is 5.10 Å². The smallest absolute Gasteiger partial charge is 0.259 e. The van der Waals surface area contributed by atoms with Crippen LogP contribution in [0.2, 0.25) is 10.0 Å². The van der Waals surface area contributed by atoms with Gasteiger partial charge >= 0.3 is 0 Å². The van der Waals surface area contributed by atoms with Crippen LogP contribution in [-0.2, 0) is 4.79 Å². The topological polar surface area (TPSA) is 83.0 Å². The second-order valence-electron chi connectivity index (χ2n) is 5.38. The SMILES string of the molecule is CCOc1cc(Cl)c(Cl)c(/C=N/NC(=O)CNc2ccc(C)cc2)c1O. The number of rotatable bonds is 7. The van der Waals surface area contributed by atoms with E-state index >= 15 is 0 Å². The Bertz CT molecular complexity index is 808. The lowest BCUT2D eigenvalue weighted by Crippen LogP contribution is -2.25. The summed E-state index contributed by atoms with van der Waals surface area (Å²) < 4.78 is 5.28. The molecule has 0 bridgehead atoms. The number of nitrogens with one attached hydrogen (secondary N) is 2. The number of amides is 1. The molecule has 2 aromatic rings. The Balaban J connectivity index is 1.99. The third-order valence-corrected chi connectivity index (χ3v) is 4.18. The lowest BCUT2D eigenvalue weighted by molar-refractivity contribution is -0.119. The number of phenols is 1. The van der Waals surface area contributed by atoms with E-state index < -0.39 is 0 Å². The van der Waals surface area contributed by atoms with Gasteiger partial charge in [0.15, 0.2) is 11.5 Å². The number of nitrogens with zero attached hydrogens (tertiary/aromatic N) is 1. The van der Waals surface area contributed by atoms with Crippen LogP contribution in [0.15, 0.2) is 35.4 Å². The first-order chi connectivity index (χ1) is 12.4. The summed E-state index contributed by atoms with van der Waals surface area (Å²) in [6, 6.07) is 9.07. The molecule has 3 N–H and O–H groups in total. The van der Waals surface area contributed by atoms with Crippen LogP contribution in [0.1, 0.15) is 18.1 Å². The van der Waals surface area contributed by atoms with E-state index in [0.717, 1.165) is 11.3 Å². The molecule has 0 aliphatic heterocycles. The molecular weight excluding hydrogens is 377 g/mol. The molecule has 8 heteroatoms. The van der Waals surface area contributed by atoms with Crippen molar-refractivity contribution in [2.75, 3.05) is 18.5 Å². The molecular formula is C18H19Cl2N3O3. The van der Waals surface area contributed by atoms with Gasteiger partial charge in [0.2, 0.25) is 0 Å². The molecule has 0 heterocycles. The van der Waals surface area contributed by atoms with Gasteiger partial charge in [-0.15, -0.1) is 0 Å². The molecule has 0 aliphatic rings. The van der Waals surface area contributed by atoms with Crippen molar-refractivity contribution in [3.8, 4) is 11.5 Å². The molecule has 26 heavy (non-hydrogen) atoms. The molecule has 0 aromatic heterocycles. The number of ether oxygens (including phenoxy) is 1. The summed E-state index contributed by atoms with van der Waals surface area (Å²) in [5, 5.41) is 17.3. The van der Waals surface area contributed by atoms with E-state index in [0.29, 0.717) is 6.61 Å². The maximum Gasteiger partial charge on any atom is 0.259 e. The fourth-order valence-electron chi connectivity index (χ4n) is 2.06. The molecule has 0 aliphatic carbocycles. The Morgan fingerprint density at radius 1 is 1.31 bits per heavy atom. The zero-order valence-corrected chi connectivity index (χ0v) is 15.9. The van der Waals surface area contributed by atoms with Crippen molar-refractivity contribution in [1.29, 1.82) is 0 Å². The van der Waals surface area contributed by atoms with Crippen molar-refractivity contribution < 1.29 is 14.6 Å². The van der Waals surface area contributed by atoms with Gasteiger partial charge in [0.1, 0.15) is 0 Å². The van der Waals surface area contributed by atoms with Gasteiger partial charge in [0, 0.05) is 11.8 Å². The number of halogens is 2.